The average Bonchev–Trinajstić information content (AvgIpc) is 2.82. The molecule has 0 spiro atoms. The summed E-state index contributed by atoms with van der Waals surface area (Å²) in [5, 5.41) is 3.75. The predicted molar refractivity (Wildman–Crippen MR) is 76.2 cm³/mol. The molecule has 1 aliphatic heterocycles. The molecule has 1 aliphatic rings. The minimum Gasteiger partial charge on any atom is -0.496 e. The van der Waals surface area contributed by atoms with Crippen LogP contribution in [0.4, 0.5) is 0 Å². The van der Waals surface area contributed by atoms with E-state index in [9.17, 15) is 0 Å². The molecule has 1 aromatic carbocycles. The third kappa shape index (κ3) is 2.03. The number of hydrogen-bond donors (Lipinski definition) is 1. The Morgan fingerprint density at radius 1 is 1.22 bits per heavy atom. The van der Waals surface area contributed by atoms with Gasteiger partial charge < -0.3 is 10.1 Å². The van der Waals surface area contributed by atoms with Crippen LogP contribution >= 0.6 is 0 Å². The Balaban J connectivity index is 2.52. The maximum absolute atomic E-state index is 5.42. The van der Waals surface area contributed by atoms with E-state index in [1.807, 2.05) is 0 Å². The molecule has 1 fully saturated rings. The van der Waals surface area contributed by atoms with Crippen LogP contribution in [-0.2, 0) is 5.54 Å². The molecular weight excluding hydrogens is 222 g/mol. The molecule has 1 unspecified atom stereocenters. The highest BCUT2D eigenvalue weighted by Gasteiger charge is 2.39. The molecule has 0 bridgehead atoms. The SMILES string of the molecule is COc1cc(C)c(C2(C(C)C)CCCN2)cc1C. The van der Waals surface area contributed by atoms with E-state index < -0.39 is 0 Å². The third-order valence-corrected chi connectivity index (χ3v) is 4.40. The van der Waals surface area contributed by atoms with E-state index in [1.54, 1.807) is 7.11 Å². The Morgan fingerprint density at radius 3 is 2.44 bits per heavy atom. The highest BCUT2D eigenvalue weighted by atomic mass is 16.5. The number of ether oxygens (including phenoxy) is 1. The molecule has 2 nitrogen and oxygen atoms in total. The Morgan fingerprint density at radius 2 is 1.94 bits per heavy atom. The van der Waals surface area contributed by atoms with Crippen molar-refractivity contribution in [2.45, 2.75) is 46.1 Å². The van der Waals surface area contributed by atoms with Crippen molar-refractivity contribution >= 4 is 0 Å². The monoisotopic (exact) mass is 247 g/mol. The summed E-state index contributed by atoms with van der Waals surface area (Å²) in [6, 6.07) is 4.49. The molecule has 1 aromatic rings. The highest BCUT2D eigenvalue weighted by molar-refractivity contribution is 5.45. The lowest BCUT2D eigenvalue weighted by Gasteiger charge is -2.36. The van der Waals surface area contributed by atoms with Crippen molar-refractivity contribution in [1.29, 1.82) is 0 Å². The molecule has 2 rings (SSSR count). The average molecular weight is 247 g/mol. The fraction of sp³-hybridized carbons (Fsp3) is 0.625. The number of nitrogens with one attached hydrogen (secondary N) is 1. The second kappa shape index (κ2) is 4.93. The summed E-state index contributed by atoms with van der Waals surface area (Å²) in [4.78, 5) is 0. The van der Waals surface area contributed by atoms with Crippen molar-refractivity contribution in [2.75, 3.05) is 13.7 Å². The van der Waals surface area contributed by atoms with Gasteiger partial charge in [-0.15, -0.1) is 0 Å². The van der Waals surface area contributed by atoms with Gasteiger partial charge in [0.05, 0.1) is 7.11 Å². The van der Waals surface area contributed by atoms with E-state index in [0.29, 0.717) is 5.92 Å². The number of hydrogen-bond acceptors (Lipinski definition) is 2. The summed E-state index contributed by atoms with van der Waals surface area (Å²) >= 11 is 0. The van der Waals surface area contributed by atoms with E-state index in [0.717, 1.165) is 12.3 Å². The van der Waals surface area contributed by atoms with Crippen molar-refractivity contribution in [1.82, 2.24) is 5.32 Å². The van der Waals surface area contributed by atoms with Gasteiger partial charge in [0, 0.05) is 5.54 Å². The van der Waals surface area contributed by atoms with E-state index in [-0.39, 0.29) is 5.54 Å². The lowest BCUT2D eigenvalue weighted by atomic mass is 9.76. The summed E-state index contributed by atoms with van der Waals surface area (Å²) in [6.45, 7) is 10.1. The van der Waals surface area contributed by atoms with Crippen molar-refractivity contribution in [3.05, 3.63) is 28.8 Å². The predicted octanol–water partition coefficient (Wildman–Crippen LogP) is 3.55. The molecule has 0 amide bonds. The van der Waals surface area contributed by atoms with Crippen LogP contribution in [0.15, 0.2) is 12.1 Å². The highest BCUT2D eigenvalue weighted by Crippen LogP contribution is 2.40. The van der Waals surface area contributed by atoms with Gasteiger partial charge in [0.2, 0.25) is 0 Å². The minimum atomic E-state index is 0.154. The molecule has 0 aliphatic carbocycles. The van der Waals surface area contributed by atoms with Crippen LogP contribution in [0.25, 0.3) is 0 Å². The number of rotatable bonds is 3. The summed E-state index contributed by atoms with van der Waals surface area (Å²) in [6.07, 6.45) is 2.50. The normalized spacial score (nSPS) is 23.7. The van der Waals surface area contributed by atoms with Gasteiger partial charge in [-0.05, 0) is 61.9 Å². The van der Waals surface area contributed by atoms with Crippen molar-refractivity contribution < 1.29 is 4.74 Å². The first-order valence-corrected chi connectivity index (χ1v) is 6.92. The van der Waals surface area contributed by atoms with Crippen molar-refractivity contribution in [3.8, 4) is 5.75 Å². The summed E-state index contributed by atoms with van der Waals surface area (Å²) in [5.74, 6) is 1.60. The fourth-order valence-corrected chi connectivity index (χ4v) is 3.29. The van der Waals surface area contributed by atoms with Gasteiger partial charge in [-0.3, -0.25) is 0 Å². The molecule has 0 aromatic heterocycles. The van der Waals surface area contributed by atoms with Crippen molar-refractivity contribution in [3.63, 3.8) is 0 Å². The van der Waals surface area contributed by atoms with E-state index in [1.165, 1.54) is 29.5 Å². The van der Waals surface area contributed by atoms with E-state index in [2.05, 4.69) is 45.1 Å². The fourth-order valence-electron chi connectivity index (χ4n) is 3.29. The first kappa shape index (κ1) is 13.4. The molecule has 2 heteroatoms. The molecule has 0 saturated carbocycles. The zero-order chi connectivity index (χ0) is 13.3. The van der Waals surface area contributed by atoms with E-state index >= 15 is 0 Å². The van der Waals surface area contributed by atoms with Crippen LogP contribution in [0.3, 0.4) is 0 Å². The van der Waals surface area contributed by atoms with Gasteiger partial charge in [0.15, 0.2) is 0 Å². The molecular formula is C16H25NO. The molecule has 1 N–H and O–H groups in total. The second-order valence-electron chi connectivity index (χ2n) is 5.79. The van der Waals surface area contributed by atoms with Crippen LogP contribution in [0.5, 0.6) is 5.75 Å². The second-order valence-corrected chi connectivity index (χ2v) is 5.79. The van der Waals surface area contributed by atoms with Gasteiger partial charge in [-0.2, -0.15) is 0 Å². The number of methoxy groups -OCH3 is 1. The van der Waals surface area contributed by atoms with Crippen LogP contribution < -0.4 is 10.1 Å². The first-order chi connectivity index (χ1) is 8.51. The quantitative estimate of drug-likeness (QED) is 0.882. The van der Waals surface area contributed by atoms with Gasteiger partial charge in [0.1, 0.15) is 5.75 Å². The van der Waals surface area contributed by atoms with Gasteiger partial charge >= 0.3 is 0 Å². The summed E-state index contributed by atoms with van der Waals surface area (Å²) < 4.78 is 5.42. The number of benzene rings is 1. The molecule has 1 saturated heterocycles. The Hall–Kier alpha value is -1.02. The minimum absolute atomic E-state index is 0.154. The van der Waals surface area contributed by atoms with Gasteiger partial charge in [0.25, 0.3) is 0 Å². The molecule has 1 atom stereocenters. The molecule has 0 radical (unpaired) electrons. The Kier molecular flexibility index (Phi) is 3.67. The smallest absolute Gasteiger partial charge is 0.122 e. The zero-order valence-electron chi connectivity index (χ0n) is 12.3. The summed E-state index contributed by atoms with van der Waals surface area (Å²) in [7, 11) is 1.74. The number of aryl methyl sites for hydroxylation is 2. The van der Waals surface area contributed by atoms with Crippen LogP contribution in [0.2, 0.25) is 0 Å². The van der Waals surface area contributed by atoms with Crippen LogP contribution in [0.1, 0.15) is 43.4 Å². The van der Waals surface area contributed by atoms with Gasteiger partial charge in [-0.25, -0.2) is 0 Å². The van der Waals surface area contributed by atoms with Gasteiger partial charge in [-0.1, -0.05) is 19.9 Å². The lowest BCUT2D eigenvalue weighted by Crippen LogP contribution is -2.42. The first-order valence-electron chi connectivity index (χ1n) is 6.92. The maximum Gasteiger partial charge on any atom is 0.122 e. The van der Waals surface area contributed by atoms with Crippen molar-refractivity contribution in [2.24, 2.45) is 5.92 Å². The largest absolute Gasteiger partial charge is 0.496 e. The van der Waals surface area contributed by atoms with Crippen LogP contribution in [0, 0.1) is 19.8 Å². The van der Waals surface area contributed by atoms with E-state index in [4.69, 9.17) is 4.74 Å². The zero-order valence-corrected chi connectivity index (χ0v) is 12.3. The van der Waals surface area contributed by atoms with Crippen LogP contribution in [-0.4, -0.2) is 13.7 Å². The molecule has 18 heavy (non-hydrogen) atoms. The topological polar surface area (TPSA) is 21.3 Å². The third-order valence-electron chi connectivity index (χ3n) is 4.40. The Labute approximate surface area is 111 Å². The molecule has 100 valence electrons. The standard InChI is InChI=1S/C16H25NO/c1-11(2)16(7-6-8-17-16)14-9-13(4)15(18-5)10-12(14)3/h9-11,17H,6-8H2,1-5H3. The Bertz CT molecular complexity index is 431. The maximum atomic E-state index is 5.42. The molecule has 1 heterocycles. The lowest BCUT2D eigenvalue weighted by molar-refractivity contribution is 0.275. The summed E-state index contributed by atoms with van der Waals surface area (Å²) in [5.41, 5.74) is 4.17.